The Morgan fingerprint density at radius 1 is 1.11 bits per heavy atom. The van der Waals surface area contributed by atoms with E-state index in [0.717, 1.165) is 42.4 Å². The highest BCUT2D eigenvalue weighted by Crippen LogP contribution is 2.24. The predicted octanol–water partition coefficient (Wildman–Crippen LogP) is 4.43. The molecule has 0 unspecified atom stereocenters. The van der Waals surface area contributed by atoms with Crippen molar-refractivity contribution < 1.29 is 4.79 Å². The largest absolute Gasteiger partial charge is 0.302 e. The fourth-order valence-electron chi connectivity index (χ4n) is 2.88. The van der Waals surface area contributed by atoms with Crippen molar-refractivity contribution in [2.45, 2.75) is 44.3 Å². The van der Waals surface area contributed by atoms with Gasteiger partial charge in [-0.05, 0) is 37.0 Å². The number of Topliss-reactive ketones (excluding diaryl/α,β-unsaturated/α-hetero) is 1. The van der Waals surface area contributed by atoms with Gasteiger partial charge in [-0.3, -0.25) is 9.78 Å². The molecular formula is C21H24N4OS. The highest BCUT2D eigenvalue weighted by molar-refractivity contribution is 7.99. The molecule has 0 bridgehead atoms. The van der Waals surface area contributed by atoms with Crippen molar-refractivity contribution in [2.75, 3.05) is 5.75 Å². The second-order valence-corrected chi connectivity index (χ2v) is 7.31. The first-order valence-corrected chi connectivity index (χ1v) is 10.3. The zero-order chi connectivity index (χ0) is 18.9. The molecule has 5 nitrogen and oxygen atoms in total. The van der Waals surface area contributed by atoms with Crippen LogP contribution in [-0.4, -0.2) is 31.3 Å². The third-order valence-electron chi connectivity index (χ3n) is 4.21. The lowest BCUT2D eigenvalue weighted by atomic mass is 10.1. The van der Waals surface area contributed by atoms with Gasteiger partial charge in [-0.2, -0.15) is 0 Å². The van der Waals surface area contributed by atoms with Gasteiger partial charge < -0.3 is 4.57 Å². The lowest BCUT2D eigenvalue weighted by Gasteiger charge is -2.08. The van der Waals surface area contributed by atoms with Crippen LogP contribution in [0.3, 0.4) is 0 Å². The molecule has 27 heavy (non-hydrogen) atoms. The summed E-state index contributed by atoms with van der Waals surface area (Å²) in [5, 5.41) is 9.43. The molecule has 0 atom stereocenters. The van der Waals surface area contributed by atoms with Crippen molar-refractivity contribution in [1.29, 1.82) is 0 Å². The Morgan fingerprint density at radius 2 is 1.96 bits per heavy atom. The molecule has 0 N–H and O–H groups in total. The summed E-state index contributed by atoms with van der Waals surface area (Å²) in [5.74, 6) is 1.50. The van der Waals surface area contributed by atoms with Gasteiger partial charge in [0.2, 0.25) is 0 Å². The minimum atomic E-state index is 0.255. The van der Waals surface area contributed by atoms with E-state index < -0.39 is 0 Å². The van der Waals surface area contributed by atoms with E-state index in [9.17, 15) is 4.79 Å². The summed E-state index contributed by atoms with van der Waals surface area (Å²) in [5.41, 5.74) is 2.22. The molecule has 0 saturated heterocycles. The highest BCUT2D eigenvalue weighted by Gasteiger charge is 2.15. The number of ketones is 1. The van der Waals surface area contributed by atoms with E-state index in [1.165, 1.54) is 17.3 Å². The van der Waals surface area contributed by atoms with Crippen LogP contribution in [0.1, 0.15) is 31.7 Å². The van der Waals surface area contributed by atoms with Crippen molar-refractivity contribution >= 4 is 17.5 Å². The minimum absolute atomic E-state index is 0.255. The molecule has 0 saturated carbocycles. The number of benzene rings is 1. The van der Waals surface area contributed by atoms with E-state index in [1.807, 2.05) is 30.3 Å². The summed E-state index contributed by atoms with van der Waals surface area (Å²) in [4.78, 5) is 16.4. The Kier molecular flexibility index (Phi) is 7.16. The number of aromatic nitrogens is 4. The molecule has 2 heterocycles. The van der Waals surface area contributed by atoms with Gasteiger partial charge in [0.25, 0.3) is 0 Å². The maximum absolute atomic E-state index is 12.3. The zero-order valence-corrected chi connectivity index (χ0v) is 16.4. The SMILES string of the molecule is CCCn1c(SCC(=O)CCCc2ccccc2)nnc1-c1cccnc1. The molecule has 0 spiro atoms. The standard InChI is InChI=1S/C21H24N4OS/c1-2-14-25-20(18-11-7-13-22-15-18)23-24-21(25)27-16-19(26)12-6-10-17-8-4-3-5-9-17/h3-5,7-9,11,13,15H,2,6,10,12,14,16H2,1H3. The third-order valence-corrected chi connectivity index (χ3v) is 5.24. The predicted molar refractivity (Wildman–Crippen MR) is 109 cm³/mol. The average Bonchev–Trinajstić information content (AvgIpc) is 3.11. The fraction of sp³-hybridized carbons (Fsp3) is 0.333. The zero-order valence-electron chi connectivity index (χ0n) is 15.5. The van der Waals surface area contributed by atoms with E-state index in [1.54, 1.807) is 12.4 Å². The molecular weight excluding hydrogens is 356 g/mol. The second-order valence-electron chi connectivity index (χ2n) is 6.37. The van der Waals surface area contributed by atoms with E-state index in [0.29, 0.717) is 12.2 Å². The highest BCUT2D eigenvalue weighted by atomic mass is 32.2. The third kappa shape index (κ3) is 5.50. The summed E-state index contributed by atoms with van der Waals surface area (Å²) >= 11 is 1.48. The molecule has 0 aliphatic carbocycles. The number of thioether (sulfide) groups is 1. The van der Waals surface area contributed by atoms with Crippen molar-refractivity contribution in [3.05, 3.63) is 60.4 Å². The van der Waals surface area contributed by atoms with Crippen LogP contribution in [0.5, 0.6) is 0 Å². The molecule has 0 fully saturated rings. The molecule has 3 aromatic rings. The number of aryl methyl sites for hydroxylation is 1. The summed E-state index contributed by atoms with van der Waals surface area (Å²) in [6.07, 6.45) is 6.93. The molecule has 6 heteroatoms. The van der Waals surface area contributed by atoms with E-state index in [4.69, 9.17) is 0 Å². The van der Waals surface area contributed by atoms with Crippen LogP contribution >= 0.6 is 11.8 Å². The van der Waals surface area contributed by atoms with Crippen molar-refractivity contribution in [3.8, 4) is 11.4 Å². The monoisotopic (exact) mass is 380 g/mol. The number of pyridine rings is 1. The van der Waals surface area contributed by atoms with E-state index in [2.05, 4.69) is 38.8 Å². The Hall–Kier alpha value is -2.47. The van der Waals surface area contributed by atoms with Gasteiger partial charge in [-0.25, -0.2) is 0 Å². The minimum Gasteiger partial charge on any atom is -0.302 e. The summed E-state index contributed by atoms with van der Waals surface area (Å²) < 4.78 is 2.08. The lowest BCUT2D eigenvalue weighted by Crippen LogP contribution is -2.06. The number of nitrogens with zero attached hydrogens (tertiary/aromatic N) is 4. The van der Waals surface area contributed by atoms with Crippen LogP contribution in [0.2, 0.25) is 0 Å². The van der Waals surface area contributed by atoms with Crippen LogP contribution in [0.4, 0.5) is 0 Å². The van der Waals surface area contributed by atoms with Crippen LogP contribution in [-0.2, 0) is 17.8 Å². The summed E-state index contributed by atoms with van der Waals surface area (Å²) in [7, 11) is 0. The Morgan fingerprint density at radius 3 is 2.70 bits per heavy atom. The summed E-state index contributed by atoms with van der Waals surface area (Å²) in [6, 6.07) is 14.2. The van der Waals surface area contributed by atoms with Crippen LogP contribution in [0.25, 0.3) is 11.4 Å². The molecule has 140 valence electrons. The number of rotatable bonds is 10. The lowest BCUT2D eigenvalue weighted by molar-refractivity contribution is -0.116. The Labute approximate surface area is 164 Å². The molecule has 0 aliphatic heterocycles. The first kappa shape index (κ1) is 19.3. The van der Waals surface area contributed by atoms with Gasteiger partial charge in [-0.1, -0.05) is 49.0 Å². The first-order chi connectivity index (χ1) is 13.3. The van der Waals surface area contributed by atoms with Crippen LogP contribution in [0, 0.1) is 0 Å². The normalized spacial score (nSPS) is 10.9. The smallest absolute Gasteiger partial charge is 0.191 e. The van der Waals surface area contributed by atoms with E-state index in [-0.39, 0.29) is 5.78 Å². The van der Waals surface area contributed by atoms with Crippen LogP contribution in [0.15, 0.2) is 60.0 Å². The number of hydrogen-bond acceptors (Lipinski definition) is 5. The van der Waals surface area contributed by atoms with Gasteiger partial charge in [0.05, 0.1) is 5.75 Å². The molecule has 3 rings (SSSR count). The molecule has 1 aromatic carbocycles. The molecule has 0 amide bonds. The Bertz CT molecular complexity index is 849. The number of hydrogen-bond donors (Lipinski definition) is 0. The van der Waals surface area contributed by atoms with Gasteiger partial charge in [-0.15, -0.1) is 10.2 Å². The van der Waals surface area contributed by atoms with Crippen molar-refractivity contribution in [1.82, 2.24) is 19.7 Å². The maximum Gasteiger partial charge on any atom is 0.191 e. The quantitative estimate of drug-likeness (QED) is 0.487. The summed E-state index contributed by atoms with van der Waals surface area (Å²) in [6.45, 7) is 2.94. The van der Waals surface area contributed by atoms with Crippen LogP contribution < -0.4 is 0 Å². The Balaban J connectivity index is 1.55. The number of carbonyl (C=O) groups excluding carboxylic acids is 1. The average molecular weight is 381 g/mol. The molecule has 2 aromatic heterocycles. The van der Waals surface area contributed by atoms with Gasteiger partial charge in [0.15, 0.2) is 11.0 Å². The van der Waals surface area contributed by atoms with Crippen molar-refractivity contribution in [2.24, 2.45) is 0 Å². The molecule has 0 aliphatic rings. The molecule has 0 radical (unpaired) electrons. The fourth-order valence-corrected chi connectivity index (χ4v) is 3.75. The van der Waals surface area contributed by atoms with Gasteiger partial charge in [0.1, 0.15) is 5.78 Å². The maximum atomic E-state index is 12.3. The van der Waals surface area contributed by atoms with Gasteiger partial charge >= 0.3 is 0 Å². The topological polar surface area (TPSA) is 60.7 Å². The van der Waals surface area contributed by atoms with E-state index >= 15 is 0 Å². The second kappa shape index (κ2) is 10.0. The van der Waals surface area contributed by atoms with Gasteiger partial charge in [0, 0.05) is 30.9 Å². The first-order valence-electron chi connectivity index (χ1n) is 9.30. The number of carbonyl (C=O) groups is 1. The van der Waals surface area contributed by atoms with Crippen molar-refractivity contribution in [3.63, 3.8) is 0 Å².